The minimum atomic E-state index is -0.833. The van der Waals surface area contributed by atoms with E-state index in [9.17, 15) is 5.11 Å². The van der Waals surface area contributed by atoms with Crippen molar-refractivity contribution in [3.63, 3.8) is 0 Å². The predicted octanol–water partition coefficient (Wildman–Crippen LogP) is 4.76. The van der Waals surface area contributed by atoms with Crippen molar-refractivity contribution in [1.29, 1.82) is 0 Å². The van der Waals surface area contributed by atoms with E-state index in [1.54, 1.807) is 18.4 Å². The van der Waals surface area contributed by atoms with Gasteiger partial charge in [-0.05, 0) is 62.4 Å². The molecular weight excluding hydrogens is 384 g/mol. The zero-order chi connectivity index (χ0) is 21.1. The van der Waals surface area contributed by atoms with Crippen molar-refractivity contribution in [2.75, 3.05) is 26.7 Å². The molecule has 0 saturated carbocycles. The maximum atomic E-state index is 11.4. The number of aromatic nitrogens is 1. The molecule has 0 radical (unpaired) electrons. The fraction of sp³-hybridized carbons (Fsp3) is 0.609. The SMILES string of the molecule is COc1ccc(OCc2sc([C@]3(O)CCCN(CC(C)(C)C)CC3)nc2C)cc1. The normalized spacial score (nSPS) is 21.0. The molecular formula is C23H34N2O3S. The number of aliphatic hydroxyl groups is 1. The Kier molecular flexibility index (Phi) is 6.87. The lowest BCUT2D eigenvalue weighted by Gasteiger charge is -2.29. The molecule has 1 aromatic heterocycles. The van der Waals surface area contributed by atoms with Gasteiger partial charge in [-0.3, -0.25) is 0 Å². The van der Waals surface area contributed by atoms with Crippen LogP contribution in [0, 0.1) is 12.3 Å². The smallest absolute Gasteiger partial charge is 0.125 e. The molecule has 160 valence electrons. The maximum absolute atomic E-state index is 11.4. The van der Waals surface area contributed by atoms with Crippen molar-refractivity contribution in [2.24, 2.45) is 5.41 Å². The lowest BCUT2D eigenvalue weighted by Crippen LogP contribution is -2.34. The Morgan fingerprint density at radius 2 is 1.83 bits per heavy atom. The highest BCUT2D eigenvalue weighted by Gasteiger charge is 2.36. The number of methoxy groups -OCH3 is 1. The third-order valence-electron chi connectivity index (χ3n) is 5.32. The van der Waals surface area contributed by atoms with Crippen LogP contribution in [0.25, 0.3) is 0 Å². The number of nitrogens with zero attached hydrogens (tertiary/aromatic N) is 2. The van der Waals surface area contributed by atoms with E-state index in [0.717, 1.165) is 66.0 Å². The maximum Gasteiger partial charge on any atom is 0.125 e. The van der Waals surface area contributed by atoms with E-state index in [-0.39, 0.29) is 5.41 Å². The average molecular weight is 419 g/mol. The molecule has 5 nitrogen and oxygen atoms in total. The Labute approximate surface area is 178 Å². The van der Waals surface area contributed by atoms with Crippen LogP contribution < -0.4 is 9.47 Å². The van der Waals surface area contributed by atoms with Crippen LogP contribution in [0.3, 0.4) is 0 Å². The predicted molar refractivity (Wildman–Crippen MR) is 118 cm³/mol. The summed E-state index contributed by atoms with van der Waals surface area (Å²) in [5.74, 6) is 1.61. The lowest BCUT2D eigenvalue weighted by atomic mass is 9.95. The summed E-state index contributed by atoms with van der Waals surface area (Å²) < 4.78 is 11.1. The Morgan fingerprint density at radius 3 is 2.48 bits per heavy atom. The average Bonchev–Trinajstić information content (AvgIpc) is 2.95. The molecule has 0 bridgehead atoms. The highest BCUT2D eigenvalue weighted by Crippen LogP contribution is 2.37. The second kappa shape index (κ2) is 9.02. The molecule has 1 saturated heterocycles. The van der Waals surface area contributed by atoms with Gasteiger partial charge in [-0.15, -0.1) is 11.3 Å². The number of hydrogen-bond donors (Lipinski definition) is 1. The van der Waals surface area contributed by atoms with Crippen molar-refractivity contribution < 1.29 is 14.6 Å². The minimum absolute atomic E-state index is 0.270. The number of hydrogen-bond acceptors (Lipinski definition) is 6. The molecule has 0 amide bonds. The van der Waals surface area contributed by atoms with Gasteiger partial charge in [-0.1, -0.05) is 20.8 Å². The molecule has 0 unspecified atom stereocenters. The second-order valence-electron chi connectivity index (χ2n) is 9.21. The molecule has 1 aliphatic heterocycles. The Bertz CT molecular complexity index is 797. The van der Waals surface area contributed by atoms with Crippen LogP contribution in [0.15, 0.2) is 24.3 Å². The van der Waals surface area contributed by atoms with Gasteiger partial charge in [0, 0.05) is 13.1 Å². The van der Waals surface area contributed by atoms with Gasteiger partial charge in [-0.2, -0.15) is 0 Å². The van der Waals surface area contributed by atoms with Gasteiger partial charge in [-0.25, -0.2) is 4.98 Å². The molecule has 6 heteroatoms. The van der Waals surface area contributed by atoms with Crippen LogP contribution in [-0.4, -0.2) is 41.7 Å². The fourth-order valence-corrected chi connectivity index (χ4v) is 4.92. The molecule has 3 rings (SSSR count). The molecule has 1 fully saturated rings. The Hall–Kier alpha value is -1.63. The standard InChI is InChI=1S/C23H34N2O3S/c1-17-20(15-28-19-9-7-18(27-5)8-10-19)29-21(24-17)23(26)11-6-13-25(14-12-23)16-22(2,3)4/h7-10,26H,6,11-16H2,1-5H3/t23-/m0/s1. The molecule has 0 spiro atoms. The number of ether oxygens (including phenoxy) is 2. The highest BCUT2D eigenvalue weighted by atomic mass is 32.1. The number of benzene rings is 1. The van der Waals surface area contributed by atoms with Crippen LogP contribution >= 0.6 is 11.3 Å². The van der Waals surface area contributed by atoms with E-state index in [4.69, 9.17) is 14.5 Å². The van der Waals surface area contributed by atoms with E-state index in [0.29, 0.717) is 6.61 Å². The summed E-state index contributed by atoms with van der Waals surface area (Å²) in [4.78, 5) is 8.28. The second-order valence-corrected chi connectivity index (χ2v) is 10.3. The van der Waals surface area contributed by atoms with E-state index in [1.807, 2.05) is 31.2 Å². The quantitative estimate of drug-likeness (QED) is 0.733. The molecule has 1 atom stereocenters. The van der Waals surface area contributed by atoms with Gasteiger partial charge in [0.05, 0.1) is 17.7 Å². The van der Waals surface area contributed by atoms with Crippen LogP contribution in [0.1, 0.15) is 55.6 Å². The van der Waals surface area contributed by atoms with Crippen LogP contribution in [0.4, 0.5) is 0 Å². The first-order valence-corrected chi connectivity index (χ1v) is 11.2. The van der Waals surface area contributed by atoms with Gasteiger partial charge in [0.15, 0.2) is 0 Å². The van der Waals surface area contributed by atoms with Crippen molar-refractivity contribution in [3.8, 4) is 11.5 Å². The van der Waals surface area contributed by atoms with Crippen LogP contribution in [0.5, 0.6) is 11.5 Å². The third kappa shape index (κ3) is 5.93. The third-order valence-corrected chi connectivity index (χ3v) is 6.65. The van der Waals surface area contributed by atoms with Gasteiger partial charge in [0.1, 0.15) is 28.7 Å². The van der Waals surface area contributed by atoms with Gasteiger partial charge in [0.25, 0.3) is 0 Å². The molecule has 1 N–H and O–H groups in total. The van der Waals surface area contributed by atoms with E-state index < -0.39 is 5.60 Å². The number of rotatable bonds is 6. The number of likely N-dealkylation sites (tertiary alicyclic amines) is 1. The highest BCUT2D eigenvalue weighted by molar-refractivity contribution is 7.11. The summed E-state index contributed by atoms with van der Waals surface area (Å²) in [7, 11) is 1.65. The van der Waals surface area contributed by atoms with Crippen molar-refractivity contribution >= 4 is 11.3 Å². The Morgan fingerprint density at radius 1 is 1.14 bits per heavy atom. The number of aryl methyl sites for hydroxylation is 1. The van der Waals surface area contributed by atoms with E-state index in [2.05, 4.69) is 25.7 Å². The van der Waals surface area contributed by atoms with Gasteiger partial charge in [0.2, 0.25) is 0 Å². The number of thiazole rings is 1. The minimum Gasteiger partial charge on any atom is -0.497 e. The summed E-state index contributed by atoms with van der Waals surface area (Å²) in [6.07, 6.45) is 2.48. The van der Waals surface area contributed by atoms with Crippen LogP contribution in [0.2, 0.25) is 0 Å². The zero-order valence-electron chi connectivity index (χ0n) is 18.3. The summed E-state index contributed by atoms with van der Waals surface area (Å²) in [6.45, 7) is 12.3. The summed E-state index contributed by atoms with van der Waals surface area (Å²) >= 11 is 1.59. The van der Waals surface area contributed by atoms with Gasteiger partial charge < -0.3 is 19.5 Å². The monoisotopic (exact) mass is 418 g/mol. The lowest BCUT2D eigenvalue weighted by molar-refractivity contribution is 0.0200. The molecule has 0 aliphatic carbocycles. The first kappa shape index (κ1) is 22.1. The van der Waals surface area contributed by atoms with Crippen molar-refractivity contribution in [1.82, 2.24) is 9.88 Å². The van der Waals surface area contributed by atoms with Crippen molar-refractivity contribution in [2.45, 2.75) is 59.2 Å². The van der Waals surface area contributed by atoms with Crippen LogP contribution in [-0.2, 0) is 12.2 Å². The zero-order valence-corrected chi connectivity index (χ0v) is 19.1. The van der Waals surface area contributed by atoms with E-state index in [1.165, 1.54) is 0 Å². The fourth-order valence-electron chi connectivity index (χ4n) is 3.80. The molecule has 29 heavy (non-hydrogen) atoms. The van der Waals surface area contributed by atoms with Crippen molar-refractivity contribution in [3.05, 3.63) is 39.8 Å². The summed E-state index contributed by atoms with van der Waals surface area (Å²) in [5, 5.41) is 12.2. The molecule has 1 aliphatic rings. The topological polar surface area (TPSA) is 54.8 Å². The first-order valence-electron chi connectivity index (χ1n) is 10.4. The molecule has 2 aromatic rings. The first-order chi connectivity index (χ1) is 13.7. The molecule has 1 aromatic carbocycles. The summed E-state index contributed by atoms with van der Waals surface area (Å²) in [6, 6.07) is 7.58. The Balaban J connectivity index is 1.65. The largest absolute Gasteiger partial charge is 0.497 e. The molecule has 2 heterocycles. The summed E-state index contributed by atoms with van der Waals surface area (Å²) in [5.41, 5.74) is 0.384. The van der Waals surface area contributed by atoms with E-state index >= 15 is 0 Å². The van der Waals surface area contributed by atoms with Gasteiger partial charge >= 0.3 is 0 Å².